The molecule has 0 aromatic heterocycles. The van der Waals surface area contributed by atoms with E-state index in [0.29, 0.717) is 35.2 Å². The number of carbonyl (C=O) groups is 2. The molecule has 1 fully saturated rings. The van der Waals surface area contributed by atoms with E-state index in [9.17, 15) is 19.8 Å². The number of fused-ring (bicyclic) bond motifs is 1. The summed E-state index contributed by atoms with van der Waals surface area (Å²) in [4.78, 5) is 25.1. The maximum absolute atomic E-state index is 12.6. The molecule has 310 valence electrons. The highest BCUT2D eigenvalue weighted by atomic mass is 16.5. The minimum Gasteiger partial charge on any atom is -0.496 e. The van der Waals surface area contributed by atoms with Crippen molar-refractivity contribution in [2.24, 2.45) is 0 Å². The van der Waals surface area contributed by atoms with Crippen molar-refractivity contribution in [2.45, 2.75) is 71.2 Å². The Labute approximate surface area is 337 Å². The highest BCUT2D eigenvalue weighted by molar-refractivity contribution is 5.91. The van der Waals surface area contributed by atoms with Gasteiger partial charge in [0.05, 0.1) is 94.6 Å². The maximum Gasteiger partial charge on any atom is 0.331 e. The summed E-state index contributed by atoms with van der Waals surface area (Å²) >= 11 is 0. The number of likely N-dealkylation sites (tertiary alicyclic amines) is 1. The third kappa shape index (κ3) is 10.9. The van der Waals surface area contributed by atoms with Crippen molar-refractivity contribution in [1.29, 1.82) is 0 Å². The van der Waals surface area contributed by atoms with Gasteiger partial charge in [-0.25, -0.2) is 9.59 Å². The zero-order valence-corrected chi connectivity index (χ0v) is 34.6. The van der Waals surface area contributed by atoms with Crippen molar-refractivity contribution < 1.29 is 57.2 Å². The van der Waals surface area contributed by atoms with Crippen LogP contribution in [-0.4, -0.2) is 113 Å². The summed E-state index contributed by atoms with van der Waals surface area (Å²) in [6, 6.07) is 14.2. The van der Waals surface area contributed by atoms with E-state index >= 15 is 0 Å². The molecular weight excluding hydrogens is 728 g/mol. The highest BCUT2D eigenvalue weighted by Crippen LogP contribution is 2.40. The molecule has 2 aliphatic heterocycles. The standard InChI is InChI=1S/C45H62N2O10/c1-32-41(53-4)25-34(26-42(32)54-5)29-47(17-7-8-18-47)19-10-22-57-45(51)14-13-44(50)56-21-9-16-46(2)20-15-35-27-36(30-48)37(31-49)28-38(35)39(46)23-33-11-12-40(52-3)43(24-33)55-6/h11-14,24-28,39,48-49H,7-10,15-23,29-31H2,1-6H3/q+2/b14-13-/t39-,46-/m1/s1. The van der Waals surface area contributed by atoms with Crippen molar-refractivity contribution in [3.8, 4) is 23.0 Å². The van der Waals surface area contributed by atoms with Gasteiger partial charge in [-0.2, -0.15) is 0 Å². The van der Waals surface area contributed by atoms with Crippen LogP contribution in [0.5, 0.6) is 23.0 Å². The minimum atomic E-state index is -0.588. The molecule has 0 amide bonds. The SMILES string of the molecule is COc1ccc(C[C@@H]2c3cc(CO)c(CO)cc3CC[N@@+]2(C)CCCOC(=O)/C=C\C(=O)OCCC[N+]2(Cc3cc(OC)c(C)c(OC)c3)CCCC2)cc1OC. The molecule has 0 spiro atoms. The van der Waals surface area contributed by atoms with Gasteiger partial charge < -0.3 is 47.6 Å². The van der Waals surface area contributed by atoms with E-state index in [1.807, 2.05) is 37.3 Å². The molecule has 12 nitrogen and oxygen atoms in total. The molecule has 2 aliphatic rings. The fourth-order valence-corrected chi connectivity index (χ4v) is 8.77. The lowest BCUT2D eigenvalue weighted by atomic mass is 9.84. The van der Waals surface area contributed by atoms with Gasteiger partial charge in [-0.3, -0.25) is 0 Å². The monoisotopic (exact) mass is 790 g/mol. The van der Waals surface area contributed by atoms with Crippen LogP contribution in [0.4, 0.5) is 0 Å². The minimum absolute atomic E-state index is 0.0345. The first-order chi connectivity index (χ1) is 27.5. The molecule has 0 radical (unpaired) electrons. The van der Waals surface area contributed by atoms with E-state index in [1.54, 1.807) is 28.4 Å². The van der Waals surface area contributed by atoms with Gasteiger partial charge >= 0.3 is 11.9 Å². The Morgan fingerprint density at radius 2 is 1.28 bits per heavy atom. The molecule has 2 atom stereocenters. The van der Waals surface area contributed by atoms with Crippen LogP contribution >= 0.6 is 0 Å². The quantitative estimate of drug-likeness (QED) is 0.0653. The smallest absolute Gasteiger partial charge is 0.331 e. The summed E-state index contributed by atoms with van der Waals surface area (Å²) < 4.78 is 34.9. The van der Waals surface area contributed by atoms with Gasteiger partial charge in [0.2, 0.25) is 0 Å². The highest BCUT2D eigenvalue weighted by Gasteiger charge is 2.39. The second-order valence-corrected chi connectivity index (χ2v) is 15.6. The third-order valence-electron chi connectivity index (χ3n) is 12.0. The molecule has 3 aromatic rings. The number of likely N-dealkylation sites (N-methyl/N-ethyl adjacent to an activating group) is 1. The molecule has 0 saturated carbocycles. The number of aliphatic hydroxyl groups is 2. The van der Waals surface area contributed by atoms with Gasteiger partial charge in [-0.15, -0.1) is 0 Å². The summed E-state index contributed by atoms with van der Waals surface area (Å²) in [5, 5.41) is 20.1. The number of nitrogens with zero attached hydrogens (tertiary/aromatic N) is 2. The average Bonchev–Trinajstić information content (AvgIpc) is 3.69. The first kappa shape index (κ1) is 43.5. The first-order valence-corrected chi connectivity index (χ1v) is 20.0. The van der Waals surface area contributed by atoms with Gasteiger partial charge in [0.25, 0.3) is 0 Å². The zero-order chi connectivity index (χ0) is 41.0. The number of rotatable bonds is 20. The largest absolute Gasteiger partial charge is 0.496 e. The second-order valence-electron chi connectivity index (χ2n) is 15.6. The van der Waals surface area contributed by atoms with E-state index in [2.05, 4.69) is 19.2 Å². The van der Waals surface area contributed by atoms with Crippen LogP contribution in [0.1, 0.15) is 70.7 Å². The van der Waals surface area contributed by atoms with Crippen LogP contribution in [0.2, 0.25) is 0 Å². The predicted molar refractivity (Wildman–Crippen MR) is 216 cm³/mol. The van der Waals surface area contributed by atoms with Gasteiger partial charge in [-0.1, -0.05) is 12.1 Å². The Bertz CT molecular complexity index is 1850. The van der Waals surface area contributed by atoms with Crippen LogP contribution in [0, 0.1) is 6.92 Å². The zero-order valence-electron chi connectivity index (χ0n) is 34.6. The fraction of sp³-hybridized carbons (Fsp3) is 0.511. The summed E-state index contributed by atoms with van der Waals surface area (Å²) in [7, 11) is 8.81. The number of benzene rings is 3. The molecule has 3 aromatic carbocycles. The molecule has 0 aliphatic carbocycles. The Morgan fingerprint density at radius 1 is 0.719 bits per heavy atom. The number of hydrogen-bond acceptors (Lipinski definition) is 10. The van der Waals surface area contributed by atoms with E-state index in [0.717, 1.165) is 120 Å². The summed E-state index contributed by atoms with van der Waals surface area (Å²) in [5.74, 6) is 1.80. The molecule has 0 unspecified atom stereocenters. The number of methoxy groups -OCH3 is 4. The molecule has 0 bridgehead atoms. The summed E-state index contributed by atoms with van der Waals surface area (Å²) in [6.07, 6.45) is 7.44. The van der Waals surface area contributed by atoms with Crippen molar-refractivity contribution in [3.63, 3.8) is 0 Å². The van der Waals surface area contributed by atoms with Crippen LogP contribution in [0.15, 0.2) is 54.6 Å². The lowest BCUT2D eigenvalue weighted by molar-refractivity contribution is -0.941. The molecule has 2 N–H and O–H groups in total. The van der Waals surface area contributed by atoms with Gasteiger partial charge in [0.1, 0.15) is 24.1 Å². The Hall–Kier alpha value is -4.62. The van der Waals surface area contributed by atoms with E-state index < -0.39 is 11.9 Å². The molecule has 2 heterocycles. The topological polar surface area (TPSA) is 130 Å². The number of aliphatic hydroxyl groups excluding tert-OH is 2. The maximum atomic E-state index is 12.6. The predicted octanol–water partition coefficient (Wildman–Crippen LogP) is 5.53. The number of carbonyl (C=O) groups excluding carboxylic acids is 2. The number of esters is 2. The molecule has 1 saturated heterocycles. The van der Waals surface area contributed by atoms with Gasteiger partial charge in [0.15, 0.2) is 11.5 Å². The Morgan fingerprint density at radius 3 is 1.86 bits per heavy atom. The van der Waals surface area contributed by atoms with E-state index in [-0.39, 0.29) is 32.5 Å². The first-order valence-electron chi connectivity index (χ1n) is 20.0. The second kappa shape index (κ2) is 20.2. The molecule has 5 rings (SSSR count). The molecule has 12 heteroatoms. The van der Waals surface area contributed by atoms with Gasteiger partial charge in [0, 0.05) is 67.4 Å². The van der Waals surface area contributed by atoms with Crippen LogP contribution in [0.25, 0.3) is 0 Å². The average molecular weight is 791 g/mol. The Kier molecular flexibility index (Phi) is 15.4. The van der Waals surface area contributed by atoms with E-state index in [1.165, 1.54) is 5.56 Å². The van der Waals surface area contributed by atoms with Crippen molar-refractivity contribution in [2.75, 3.05) is 81.4 Å². The molecule has 57 heavy (non-hydrogen) atoms. The molecular formula is C45H62N2O10+2. The normalized spacial score (nSPS) is 18.6. The Balaban J connectivity index is 1.12. The van der Waals surface area contributed by atoms with Crippen molar-refractivity contribution in [3.05, 3.63) is 93.6 Å². The number of hydrogen-bond donors (Lipinski definition) is 2. The third-order valence-corrected chi connectivity index (χ3v) is 12.0. The van der Waals surface area contributed by atoms with Crippen molar-refractivity contribution in [1.82, 2.24) is 0 Å². The lowest BCUT2D eigenvalue weighted by Gasteiger charge is -2.46. The van der Waals surface area contributed by atoms with Crippen LogP contribution in [0.3, 0.4) is 0 Å². The lowest BCUT2D eigenvalue weighted by Crippen LogP contribution is -2.52. The number of ether oxygens (including phenoxy) is 6. The van der Waals surface area contributed by atoms with Crippen LogP contribution < -0.4 is 18.9 Å². The van der Waals surface area contributed by atoms with Gasteiger partial charge in [-0.05, 0) is 59.5 Å². The fourth-order valence-electron chi connectivity index (χ4n) is 8.77. The van der Waals surface area contributed by atoms with E-state index in [4.69, 9.17) is 28.4 Å². The summed E-state index contributed by atoms with van der Waals surface area (Å²) in [6.45, 7) is 7.62. The van der Waals surface area contributed by atoms with Crippen LogP contribution in [-0.2, 0) is 51.7 Å². The summed E-state index contributed by atoms with van der Waals surface area (Å²) in [5.41, 5.74) is 7.00. The van der Waals surface area contributed by atoms with Crippen molar-refractivity contribution >= 4 is 11.9 Å². The number of quaternary nitrogens is 2.